The van der Waals surface area contributed by atoms with Gasteiger partial charge in [0, 0.05) is 10.3 Å². The fourth-order valence-corrected chi connectivity index (χ4v) is 2.96. The highest BCUT2D eigenvalue weighted by atomic mass is 32.2. The van der Waals surface area contributed by atoms with Crippen molar-refractivity contribution < 1.29 is 24.2 Å². The van der Waals surface area contributed by atoms with E-state index in [0.29, 0.717) is 0 Å². The Morgan fingerprint density at radius 3 is 3.00 bits per heavy atom. The van der Waals surface area contributed by atoms with Gasteiger partial charge in [-0.2, -0.15) is 0 Å². The summed E-state index contributed by atoms with van der Waals surface area (Å²) in [6, 6.07) is 0. The first-order chi connectivity index (χ1) is 9.06. The van der Waals surface area contributed by atoms with Crippen LogP contribution in [0.5, 0.6) is 0 Å². The van der Waals surface area contributed by atoms with Crippen LogP contribution in [-0.2, 0) is 19.1 Å². The largest absolute Gasteiger partial charge is 0.477 e. The zero-order valence-electron chi connectivity index (χ0n) is 9.42. The summed E-state index contributed by atoms with van der Waals surface area (Å²) < 4.78 is 4.79. The molecule has 0 aromatic carbocycles. The Balaban J connectivity index is 1.86. The SMILES string of the molecule is [N-]=[N+]=NCC(=O)OCC1C(=O)N2C(C(=O)O)=CS[C@@H]12. The Bertz CT molecular complexity index is 527. The number of aliphatic carboxylic acids is 1. The Kier molecular flexibility index (Phi) is 3.63. The number of azide groups is 1. The molecule has 1 N–H and O–H groups in total. The fraction of sp³-hybridized carbons (Fsp3) is 0.444. The van der Waals surface area contributed by atoms with Gasteiger partial charge in [0.2, 0.25) is 5.91 Å². The van der Waals surface area contributed by atoms with E-state index in [1.807, 2.05) is 0 Å². The maximum Gasteiger partial charge on any atom is 0.353 e. The van der Waals surface area contributed by atoms with Crippen LogP contribution in [-0.4, -0.2) is 46.4 Å². The van der Waals surface area contributed by atoms with Gasteiger partial charge in [0.25, 0.3) is 0 Å². The summed E-state index contributed by atoms with van der Waals surface area (Å²) in [5, 5.41) is 12.9. The fourth-order valence-electron chi connectivity index (χ4n) is 1.75. The van der Waals surface area contributed by atoms with Crippen molar-refractivity contribution in [2.45, 2.75) is 5.37 Å². The van der Waals surface area contributed by atoms with Crippen molar-refractivity contribution in [3.8, 4) is 0 Å². The second kappa shape index (κ2) is 5.21. The minimum atomic E-state index is -1.16. The topological polar surface area (TPSA) is 133 Å². The van der Waals surface area contributed by atoms with E-state index in [2.05, 4.69) is 10.0 Å². The van der Waals surface area contributed by atoms with Crippen LogP contribution in [0.15, 0.2) is 16.2 Å². The molecule has 2 rings (SSSR count). The van der Waals surface area contributed by atoms with Gasteiger partial charge >= 0.3 is 11.9 Å². The van der Waals surface area contributed by atoms with Gasteiger partial charge in [-0.1, -0.05) is 5.11 Å². The van der Waals surface area contributed by atoms with Crippen molar-refractivity contribution in [3.05, 3.63) is 21.5 Å². The van der Waals surface area contributed by atoms with Crippen molar-refractivity contribution >= 4 is 29.6 Å². The number of rotatable bonds is 5. The van der Waals surface area contributed by atoms with Gasteiger partial charge in [0.15, 0.2) is 0 Å². The lowest BCUT2D eigenvalue weighted by atomic mass is 9.98. The summed E-state index contributed by atoms with van der Waals surface area (Å²) in [5.74, 6) is -2.84. The van der Waals surface area contributed by atoms with Crippen LogP contribution < -0.4 is 0 Å². The van der Waals surface area contributed by atoms with E-state index in [1.54, 1.807) is 0 Å². The standard InChI is InChI=1S/C9H8N4O5S/c10-12-11-1-6(14)18-2-4-7(15)13-5(9(16)17)3-19-8(4)13/h3-4,8H,1-2H2,(H,16,17)/t4?,8-/m0/s1. The van der Waals surface area contributed by atoms with Crippen LogP contribution in [0.2, 0.25) is 0 Å². The number of carboxylic acids is 1. The molecule has 10 heteroatoms. The van der Waals surface area contributed by atoms with Crippen molar-refractivity contribution in [3.63, 3.8) is 0 Å². The van der Waals surface area contributed by atoms with Crippen molar-refractivity contribution in [1.29, 1.82) is 0 Å². The number of fused-ring (bicyclic) bond motifs is 1. The normalized spacial score (nSPS) is 23.9. The molecule has 0 spiro atoms. The third kappa shape index (κ3) is 2.35. The number of ether oxygens (including phenoxy) is 1. The molecule has 1 saturated heterocycles. The van der Waals surface area contributed by atoms with E-state index in [1.165, 1.54) is 22.1 Å². The van der Waals surface area contributed by atoms with Crippen molar-refractivity contribution in [2.24, 2.45) is 11.0 Å². The molecule has 9 nitrogen and oxygen atoms in total. The number of carbonyl (C=O) groups is 3. The molecule has 2 heterocycles. The summed E-state index contributed by atoms with van der Waals surface area (Å²) >= 11 is 1.20. The van der Waals surface area contributed by atoms with Gasteiger partial charge in [-0.05, 0) is 5.53 Å². The van der Waals surface area contributed by atoms with E-state index >= 15 is 0 Å². The average molecular weight is 284 g/mol. The van der Waals surface area contributed by atoms with Gasteiger partial charge in [0.05, 0.1) is 0 Å². The van der Waals surface area contributed by atoms with E-state index in [9.17, 15) is 14.4 Å². The first-order valence-corrected chi connectivity index (χ1v) is 6.09. The molecule has 2 aliphatic heterocycles. The highest BCUT2D eigenvalue weighted by Gasteiger charge is 2.53. The second-order valence-corrected chi connectivity index (χ2v) is 4.71. The lowest BCUT2D eigenvalue weighted by Gasteiger charge is -2.41. The zero-order valence-corrected chi connectivity index (χ0v) is 10.2. The van der Waals surface area contributed by atoms with Crippen LogP contribution in [0, 0.1) is 5.92 Å². The average Bonchev–Trinajstić information content (AvgIpc) is 2.76. The molecule has 0 aromatic heterocycles. The predicted molar refractivity (Wildman–Crippen MR) is 62.4 cm³/mol. The van der Waals surface area contributed by atoms with E-state index in [-0.39, 0.29) is 23.6 Å². The summed E-state index contributed by atoms with van der Waals surface area (Å²) in [7, 11) is 0. The van der Waals surface area contributed by atoms with Crippen LogP contribution in [0.25, 0.3) is 10.4 Å². The molecule has 0 aliphatic carbocycles. The minimum Gasteiger partial charge on any atom is -0.477 e. The molecule has 0 bridgehead atoms. The molecule has 2 atom stereocenters. The molecular formula is C9H8N4O5S. The first kappa shape index (κ1) is 13.2. The monoisotopic (exact) mass is 284 g/mol. The molecule has 2 aliphatic rings. The first-order valence-electron chi connectivity index (χ1n) is 5.14. The number of hydrogen-bond donors (Lipinski definition) is 1. The van der Waals surface area contributed by atoms with E-state index < -0.39 is 24.4 Å². The third-order valence-electron chi connectivity index (χ3n) is 2.64. The van der Waals surface area contributed by atoms with E-state index in [4.69, 9.17) is 15.4 Å². The molecule has 1 unspecified atom stereocenters. The molecule has 1 fully saturated rings. The molecule has 1 amide bonds. The molecule has 19 heavy (non-hydrogen) atoms. The highest BCUT2D eigenvalue weighted by Crippen LogP contribution is 2.44. The number of hydrogen-bond acceptors (Lipinski definition) is 6. The van der Waals surface area contributed by atoms with Crippen molar-refractivity contribution in [2.75, 3.05) is 13.2 Å². The Hall–Kier alpha value is -2.19. The Labute approximate surface area is 110 Å². The Morgan fingerprint density at radius 1 is 1.63 bits per heavy atom. The van der Waals surface area contributed by atoms with Crippen molar-refractivity contribution in [1.82, 2.24) is 4.90 Å². The summed E-state index contributed by atoms with van der Waals surface area (Å²) in [6.45, 7) is -0.578. The molecule has 0 saturated carbocycles. The Morgan fingerprint density at radius 2 is 2.37 bits per heavy atom. The molecule has 0 aromatic rings. The smallest absolute Gasteiger partial charge is 0.353 e. The van der Waals surface area contributed by atoms with Gasteiger partial charge in [-0.25, -0.2) is 4.79 Å². The van der Waals surface area contributed by atoms with Gasteiger partial charge in [-0.15, -0.1) is 11.8 Å². The number of thioether (sulfide) groups is 1. The number of amides is 1. The van der Waals surface area contributed by atoms with Crippen LogP contribution in [0.4, 0.5) is 0 Å². The maximum atomic E-state index is 11.7. The number of β-lactam (4-membered cyclic amide) rings is 1. The van der Waals surface area contributed by atoms with Gasteiger partial charge in [-0.3, -0.25) is 14.5 Å². The number of esters is 1. The zero-order chi connectivity index (χ0) is 14.0. The lowest BCUT2D eigenvalue weighted by Crippen LogP contribution is -2.59. The van der Waals surface area contributed by atoms with Crippen LogP contribution in [0.1, 0.15) is 0 Å². The van der Waals surface area contributed by atoms with Crippen LogP contribution >= 0.6 is 11.8 Å². The number of nitrogens with zero attached hydrogens (tertiary/aromatic N) is 4. The van der Waals surface area contributed by atoms with Gasteiger partial charge in [0.1, 0.15) is 30.1 Å². The predicted octanol–water partition coefficient (Wildman–Crippen LogP) is 0.297. The van der Waals surface area contributed by atoms with E-state index in [0.717, 1.165) is 0 Å². The quantitative estimate of drug-likeness (QED) is 0.254. The maximum absolute atomic E-state index is 11.7. The summed E-state index contributed by atoms with van der Waals surface area (Å²) in [6.07, 6.45) is 0. The summed E-state index contributed by atoms with van der Waals surface area (Å²) in [5.41, 5.74) is 7.96. The second-order valence-electron chi connectivity index (χ2n) is 3.72. The lowest BCUT2D eigenvalue weighted by molar-refractivity contribution is -0.158. The number of carbonyl (C=O) groups excluding carboxylic acids is 2. The molecule has 100 valence electrons. The summed E-state index contributed by atoms with van der Waals surface area (Å²) in [4.78, 5) is 37.2. The molecular weight excluding hydrogens is 276 g/mol. The number of carboxylic acid groups (broad SMARTS) is 1. The van der Waals surface area contributed by atoms with Gasteiger partial charge < -0.3 is 9.84 Å². The third-order valence-corrected chi connectivity index (χ3v) is 3.82. The highest BCUT2D eigenvalue weighted by molar-refractivity contribution is 8.03. The van der Waals surface area contributed by atoms with Crippen LogP contribution in [0.3, 0.4) is 0 Å². The minimum absolute atomic E-state index is 0.0587. The molecule has 0 radical (unpaired) electrons.